The molecule has 2 aromatic heterocycles. The molecule has 0 saturated carbocycles. The van der Waals surface area contributed by atoms with Crippen molar-refractivity contribution in [2.24, 2.45) is 0 Å². The second kappa shape index (κ2) is 7.53. The fourth-order valence-electron chi connectivity index (χ4n) is 2.95. The Kier molecular flexibility index (Phi) is 5.12. The van der Waals surface area contributed by atoms with Crippen LogP contribution in [0.25, 0.3) is 10.8 Å². The molecule has 2 N–H and O–H groups in total. The minimum absolute atomic E-state index is 0.180. The number of benzene rings is 2. The van der Waals surface area contributed by atoms with Gasteiger partial charge >= 0.3 is 0 Å². The van der Waals surface area contributed by atoms with E-state index in [2.05, 4.69) is 34.0 Å². The maximum atomic E-state index is 12.5. The SMILES string of the molecule is O=C(Nc1cccc2c(O)n(Cc3cccc(I)c3)cc12)c1ccc(Cl)s1. The molecule has 1 amide bonds. The van der Waals surface area contributed by atoms with Crippen molar-refractivity contribution in [2.75, 3.05) is 5.32 Å². The Bertz CT molecular complexity index is 1150. The van der Waals surface area contributed by atoms with Crippen molar-refractivity contribution in [3.63, 3.8) is 0 Å². The van der Waals surface area contributed by atoms with Crippen molar-refractivity contribution < 1.29 is 9.90 Å². The molecule has 0 unspecified atom stereocenters. The lowest BCUT2D eigenvalue weighted by molar-refractivity contribution is 0.103. The summed E-state index contributed by atoms with van der Waals surface area (Å²) in [6, 6.07) is 17.0. The number of aromatic nitrogens is 1. The lowest BCUT2D eigenvalue weighted by Gasteiger charge is -2.05. The molecule has 0 aliphatic rings. The molecule has 2 heterocycles. The second-order valence-corrected chi connectivity index (χ2v) is 9.00. The van der Waals surface area contributed by atoms with Crippen LogP contribution in [0.1, 0.15) is 15.2 Å². The summed E-state index contributed by atoms with van der Waals surface area (Å²) >= 11 is 9.42. The summed E-state index contributed by atoms with van der Waals surface area (Å²) in [6.07, 6.45) is 1.86. The first-order valence-corrected chi connectivity index (χ1v) is 10.4. The van der Waals surface area contributed by atoms with Gasteiger partial charge in [0, 0.05) is 20.5 Å². The number of anilines is 1. The summed E-state index contributed by atoms with van der Waals surface area (Å²) in [4.78, 5) is 13.0. The van der Waals surface area contributed by atoms with Gasteiger partial charge in [-0.3, -0.25) is 4.79 Å². The number of aromatic hydroxyl groups is 1. The van der Waals surface area contributed by atoms with Gasteiger partial charge in [-0.05, 0) is 64.6 Å². The number of carbonyl (C=O) groups is 1. The van der Waals surface area contributed by atoms with Crippen molar-refractivity contribution >= 4 is 67.9 Å². The van der Waals surface area contributed by atoms with Gasteiger partial charge in [0.2, 0.25) is 0 Å². The summed E-state index contributed by atoms with van der Waals surface area (Å²) in [5.74, 6) is -0.0385. The number of thiophene rings is 1. The molecule has 2 aromatic carbocycles. The van der Waals surface area contributed by atoms with E-state index in [1.54, 1.807) is 16.7 Å². The van der Waals surface area contributed by atoms with Crippen LogP contribution >= 0.6 is 45.5 Å². The van der Waals surface area contributed by atoms with Crippen LogP contribution in [0.3, 0.4) is 0 Å². The first-order valence-electron chi connectivity index (χ1n) is 8.13. The average Bonchev–Trinajstić information content (AvgIpc) is 3.20. The molecule has 7 heteroatoms. The molecule has 0 fully saturated rings. The zero-order chi connectivity index (χ0) is 19.0. The van der Waals surface area contributed by atoms with Crippen LogP contribution in [-0.2, 0) is 6.54 Å². The van der Waals surface area contributed by atoms with Crippen molar-refractivity contribution in [1.29, 1.82) is 0 Å². The van der Waals surface area contributed by atoms with E-state index in [1.165, 1.54) is 11.3 Å². The number of halogens is 2. The van der Waals surface area contributed by atoms with Crippen molar-refractivity contribution in [3.8, 4) is 5.88 Å². The van der Waals surface area contributed by atoms with E-state index in [9.17, 15) is 9.90 Å². The van der Waals surface area contributed by atoms with E-state index >= 15 is 0 Å². The van der Waals surface area contributed by atoms with Crippen molar-refractivity contribution in [3.05, 3.63) is 79.1 Å². The molecule has 0 saturated heterocycles. The summed E-state index contributed by atoms with van der Waals surface area (Å²) in [5, 5.41) is 15.0. The molecule has 0 aliphatic heterocycles. The maximum absolute atomic E-state index is 12.5. The van der Waals surface area contributed by atoms with Crippen LogP contribution in [0.5, 0.6) is 5.88 Å². The van der Waals surface area contributed by atoms with Gasteiger partial charge in [0.1, 0.15) is 0 Å². The van der Waals surface area contributed by atoms with Crippen LogP contribution in [0.15, 0.2) is 60.8 Å². The Balaban J connectivity index is 1.68. The highest BCUT2D eigenvalue weighted by Gasteiger charge is 2.15. The highest BCUT2D eigenvalue weighted by Crippen LogP contribution is 2.33. The highest BCUT2D eigenvalue weighted by molar-refractivity contribution is 14.1. The summed E-state index contributed by atoms with van der Waals surface area (Å²) < 4.78 is 3.50. The molecule has 0 aliphatic carbocycles. The van der Waals surface area contributed by atoms with Gasteiger partial charge in [0.15, 0.2) is 5.88 Å². The van der Waals surface area contributed by atoms with Gasteiger partial charge in [-0.1, -0.05) is 29.8 Å². The normalized spacial score (nSPS) is 11.0. The molecular weight excluding hydrogens is 495 g/mol. The lowest BCUT2D eigenvalue weighted by atomic mass is 10.2. The number of nitrogens with one attached hydrogen (secondary N) is 1. The molecular formula is C20H14ClIN2O2S. The Morgan fingerprint density at radius 1 is 1.15 bits per heavy atom. The van der Waals surface area contributed by atoms with Gasteiger partial charge in [-0.25, -0.2) is 0 Å². The van der Waals surface area contributed by atoms with Crippen LogP contribution in [0, 0.1) is 3.57 Å². The average molecular weight is 509 g/mol. The molecule has 0 spiro atoms. The number of rotatable bonds is 4. The minimum Gasteiger partial charge on any atom is -0.494 e. The van der Waals surface area contributed by atoms with E-state index in [0.717, 1.165) is 14.5 Å². The number of amides is 1. The van der Waals surface area contributed by atoms with Gasteiger partial charge < -0.3 is 15.0 Å². The molecule has 0 radical (unpaired) electrons. The molecule has 0 atom stereocenters. The van der Waals surface area contributed by atoms with E-state index in [1.807, 2.05) is 42.6 Å². The van der Waals surface area contributed by atoms with Gasteiger partial charge in [-0.2, -0.15) is 0 Å². The van der Waals surface area contributed by atoms with Crippen LogP contribution < -0.4 is 5.32 Å². The quantitative estimate of drug-likeness (QED) is 0.334. The number of fused-ring (bicyclic) bond motifs is 1. The van der Waals surface area contributed by atoms with E-state index < -0.39 is 0 Å². The standard InChI is InChI=1S/C20H14ClIN2O2S/c21-18-8-7-17(27-18)19(25)23-16-6-2-5-14-15(16)11-24(20(14)26)10-12-3-1-4-13(22)9-12/h1-9,11,26H,10H2,(H,23,25). The van der Waals surface area contributed by atoms with E-state index in [-0.39, 0.29) is 11.8 Å². The zero-order valence-electron chi connectivity index (χ0n) is 13.9. The number of nitrogens with zero attached hydrogens (tertiary/aromatic N) is 1. The fourth-order valence-corrected chi connectivity index (χ4v) is 4.50. The van der Waals surface area contributed by atoms with Crippen LogP contribution in [0.4, 0.5) is 5.69 Å². The second-order valence-electron chi connectivity index (χ2n) is 6.04. The van der Waals surface area contributed by atoms with Gasteiger partial charge in [-0.15, -0.1) is 11.3 Å². The number of hydrogen-bond donors (Lipinski definition) is 2. The van der Waals surface area contributed by atoms with Crippen LogP contribution in [-0.4, -0.2) is 15.6 Å². The Labute approximate surface area is 178 Å². The van der Waals surface area contributed by atoms with Gasteiger partial charge in [0.25, 0.3) is 5.91 Å². The predicted molar refractivity (Wildman–Crippen MR) is 119 cm³/mol. The number of hydrogen-bond acceptors (Lipinski definition) is 3. The molecule has 4 nitrogen and oxygen atoms in total. The summed E-state index contributed by atoms with van der Waals surface area (Å²) in [5.41, 5.74) is 1.75. The lowest BCUT2D eigenvalue weighted by Crippen LogP contribution is -2.10. The molecule has 27 heavy (non-hydrogen) atoms. The molecule has 0 bridgehead atoms. The predicted octanol–water partition coefficient (Wildman–Crippen LogP) is 5.97. The molecule has 4 aromatic rings. The first kappa shape index (κ1) is 18.3. The smallest absolute Gasteiger partial charge is 0.265 e. The largest absolute Gasteiger partial charge is 0.494 e. The number of carbonyl (C=O) groups excluding carboxylic acids is 1. The topological polar surface area (TPSA) is 54.3 Å². The first-order chi connectivity index (χ1) is 13.0. The van der Waals surface area contributed by atoms with Crippen molar-refractivity contribution in [1.82, 2.24) is 4.57 Å². The van der Waals surface area contributed by atoms with E-state index in [4.69, 9.17) is 11.6 Å². The molecule has 136 valence electrons. The van der Waals surface area contributed by atoms with E-state index in [0.29, 0.717) is 26.8 Å². The third-order valence-corrected chi connectivity index (χ3v) is 6.09. The zero-order valence-corrected chi connectivity index (χ0v) is 17.7. The van der Waals surface area contributed by atoms with Crippen molar-refractivity contribution in [2.45, 2.75) is 6.54 Å². The Morgan fingerprint density at radius 3 is 2.70 bits per heavy atom. The molecule has 4 rings (SSSR count). The Hall–Kier alpha value is -2.03. The summed E-state index contributed by atoms with van der Waals surface area (Å²) in [7, 11) is 0. The third kappa shape index (κ3) is 3.83. The highest BCUT2D eigenvalue weighted by atomic mass is 127. The minimum atomic E-state index is -0.218. The maximum Gasteiger partial charge on any atom is 0.265 e. The van der Waals surface area contributed by atoms with Gasteiger partial charge in [0.05, 0.1) is 21.4 Å². The monoisotopic (exact) mass is 508 g/mol. The van der Waals surface area contributed by atoms with Crippen LogP contribution in [0.2, 0.25) is 4.34 Å². The fraction of sp³-hybridized carbons (Fsp3) is 0.0500. The summed E-state index contributed by atoms with van der Waals surface area (Å²) in [6.45, 7) is 0.547. The third-order valence-electron chi connectivity index (χ3n) is 4.19. The Morgan fingerprint density at radius 2 is 1.96 bits per heavy atom.